The number of hydrogen-bond acceptors (Lipinski definition) is 5. The molecule has 8 heteroatoms. The topological polar surface area (TPSA) is 94.3 Å². The van der Waals surface area contributed by atoms with Gasteiger partial charge in [0, 0.05) is 35.8 Å². The van der Waals surface area contributed by atoms with Crippen molar-refractivity contribution in [2.24, 2.45) is 0 Å². The van der Waals surface area contributed by atoms with Gasteiger partial charge in [-0.3, -0.25) is 14.1 Å². The van der Waals surface area contributed by atoms with Crippen molar-refractivity contribution in [1.29, 1.82) is 0 Å². The minimum Gasteiger partial charge on any atom is -0.299 e. The Morgan fingerprint density at radius 1 is 1.10 bits per heavy atom. The van der Waals surface area contributed by atoms with Crippen LogP contribution in [0.4, 0.5) is 0 Å². The molecule has 0 atom stereocenters. The summed E-state index contributed by atoms with van der Waals surface area (Å²) >= 11 is 0. The first-order valence-corrected chi connectivity index (χ1v) is 9.78. The molecule has 0 unspecified atom stereocenters. The normalized spacial score (nSPS) is 11.1. The van der Waals surface area contributed by atoms with Crippen LogP contribution in [0.1, 0.15) is 31.5 Å². The minimum atomic E-state index is 0.0455. The van der Waals surface area contributed by atoms with Gasteiger partial charge in [0.25, 0.3) is 0 Å². The number of tetrazole rings is 1. The first-order valence-electron chi connectivity index (χ1n) is 9.78. The first-order chi connectivity index (χ1) is 14.2. The lowest BCUT2D eigenvalue weighted by Crippen LogP contribution is -2.25. The summed E-state index contributed by atoms with van der Waals surface area (Å²) in [6.07, 6.45) is 5.62. The summed E-state index contributed by atoms with van der Waals surface area (Å²) in [7, 11) is 0. The molecule has 0 aliphatic carbocycles. The average Bonchev–Trinajstić information content (AvgIpc) is 3.39. The van der Waals surface area contributed by atoms with E-state index in [0.717, 1.165) is 40.9 Å². The monoisotopic (exact) mass is 389 g/mol. The minimum absolute atomic E-state index is 0.0455. The highest BCUT2D eigenvalue weighted by atomic mass is 16.1. The van der Waals surface area contributed by atoms with Gasteiger partial charge < -0.3 is 0 Å². The molecule has 0 amide bonds. The molecule has 4 aromatic rings. The number of pyridine rings is 1. The van der Waals surface area contributed by atoms with Crippen LogP contribution in [-0.2, 0) is 19.5 Å². The van der Waals surface area contributed by atoms with Gasteiger partial charge in [0.1, 0.15) is 0 Å². The molecule has 148 valence electrons. The molecule has 0 radical (unpaired) electrons. The zero-order valence-electron chi connectivity index (χ0n) is 16.5. The molecule has 0 bridgehead atoms. The Kier molecular flexibility index (Phi) is 5.33. The van der Waals surface area contributed by atoms with E-state index in [1.807, 2.05) is 54.1 Å². The van der Waals surface area contributed by atoms with E-state index in [4.69, 9.17) is 0 Å². The standard InChI is InChI=1S/C21H23N7O/c1-3-6-17-14-27(4-2)21(29)28(17)13-15-8-10-16(11-9-15)19-18(7-5-12-22-19)20-23-25-26-24-20/h5,7-12,14H,3-4,6,13H2,1-2H3,(H,23,24,25,26). The molecule has 3 heterocycles. The number of imidazole rings is 1. The lowest BCUT2D eigenvalue weighted by atomic mass is 10.0. The van der Waals surface area contributed by atoms with Gasteiger partial charge in [0.05, 0.1) is 12.2 Å². The molecule has 4 rings (SSSR count). The molecular formula is C21H23N7O. The largest absolute Gasteiger partial charge is 0.328 e. The number of benzene rings is 1. The van der Waals surface area contributed by atoms with Gasteiger partial charge in [-0.25, -0.2) is 4.79 Å². The summed E-state index contributed by atoms with van der Waals surface area (Å²) < 4.78 is 3.64. The fourth-order valence-electron chi connectivity index (χ4n) is 3.48. The van der Waals surface area contributed by atoms with E-state index in [0.29, 0.717) is 18.9 Å². The molecule has 0 aliphatic heterocycles. The van der Waals surface area contributed by atoms with E-state index >= 15 is 0 Å². The fraction of sp³-hybridized carbons (Fsp3) is 0.286. The Morgan fingerprint density at radius 3 is 2.62 bits per heavy atom. The molecule has 3 aromatic heterocycles. The average molecular weight is 389 g/mol. The maximum atomic E-state index is 12.7. The van der Waals surface area contributed by atoms with Crippen LogP contribution in [0.5, 0.6) is 0 Å². The van der Waals surface area contributed by atoms with Crippen molar-refractivity contribution in [3.05, 3.63) is 70.5 Å². The van der Waals surface area contributed by atoms with Crippen molar-refractivity contribution >= 4 is 0 Å². The maximum absolute atomic E-state index is 12.7. The first kappa shape index (κ1) is 18.8. The Bertz CT molecular complexity index is 1140. The summed E-state index contributed by atoms with van der Waals surface area (Å²) in [6.45, 7) is 5.35. The van der Waals surface area contributed by atoms with Crippen LogP contribution in [-0.4, -0.2) is 34.7 Å². The molecule has 0 saturated heterocycles. The van der Waals surface area contributed by atoms with Gasteiger partial charge in [-0.15, -0.1) is 10.2 Å². The van der Waals surface area contributed by atoms with E-state index in [9.17, 15) is 4.79 Å². The fourth-order valence-corrected chi connectivity index (χ4v) is 3.48. The highest BCUT2D eigenvalue weighted by molar-refractivity contribution is 5.76. The SMILES string of the molecule is CCCc1cn(CC)c(=O)n1Cc1ccc(-c2ncccc2-c2nn[nH]n2)cc1. The molecular weight excluding hydrogens is 366 g/mol. The van der Waals surface area contributed by atoms with Crippen LogP contribution in [0.15, 0.2) is 53.6 Å². The number of aromatic amines is 1. The van der Waals surface area contributed by atoms with E-state index in [2.05, 4.69) is 32.5 Å². The van der Waals surface area contributed by atoms with Crippen LogP contribution in [0, 0.1) is 0 Å². The molecule has 1 aromatic carbocycles. The van der Waals surface area contributed by atoms with Crippen LogP contribution in [0.2, 0.25) is 0 Å². The Hall–Kier alpha value is -3.55. The third-order valence-corrected chi connectivity index (χ3v) is 4.94. The lowest BCUT2D eigenvalue weighted by Gasteiger charge is -2.09. The quantitative estimate of drug-likeness (QED) is 0.524. The van der Waals surface area contributed by atoms with Crippen LogP contribution in [0.25, 0.3) is 22.6 Å². The van der Waals surface area contributed by atoms with Crippen molar-refractivity contribution < 1.29 is 0 Å². The van der Waals surface area contributed by atoms with Gasteiger partial charge in [0.15, 0.2) is 0 Å². The predicted molar refractivity (Wildman–Crippen MR) is 110 cm³/mol. The Balaban J connectivity index is 1.64. The summed E-state index contributed by atoms with van der Waals surface area (Å²) in [4.78, 5) is 17.2. The third-order valence-electron chi connectivity index (χ3n) is 4.94. The number of nitrogens with one attached hydrogen (secondary N) is 1. The summed E-state index contributed by atoms with van der Waals surface area (Å²) in [5.41, 5.74) is 4.76. The van der Waals surface area contributed by atoms with Gasteiger partial charge in [-0.2, -0.15) is 5.21 Å². The maximum Gasteiger partial charge on any atom is 0.328 e. The number of nitrogens with zero attached hydrogens (tertiary/aromatic N) is 6. The number of aryl methyl sites for hydroxylation is 2. The van der Waals surface area contributed by atoms with E-state index < -0.39 is 0 Å². The molecule has 1 N–H and O–H groups in total. The van der Waals surface area contributed by atoms with Crippen LogP contribution >= 0.6 is 0 Å². The smallest absolute Gasteiger partial charge is 0.299 e. The van der Waals surface area contributed by atoms with E-state index in [1.54, 1.807) is 10.8 Å². The second-order valence-corrected chi connectivity index (χ2v) is 6.86. The molecule has 29 heavy (non-hydrogen) atoms. The second kappa shape index (κ2) is 8.22. The molecule has 0 aliphatic rings. The number of H-pyrrole nitrogens is 1. The number of hydrogen-bond donors (Lipinski definition) is 1. The zero-order valence-corrected chi connectivity index (χ0v) is 16.5. The van der Waals surface area contributed by atoms with Crippen molar-refractivity contribution in [3.63, 3.8) is 0 Å². The summed E-state index contributed by atoms with van der Waals surface area (Å²) in [5, 5.41) is 14.2. The number of aromatic nitrogens is 7. The Morgan fingerprint density at radius 2 is 1.93 bits per heavy atom. The van der Waals surface area contributed by atoms with Crippen molar-refractivity contribution in [1.82, 2.24) is 34.7 Å². The highest BCUT2D eigenvalue weighted by Crippen LogP contribution is 2.27. The van der Waals surface area contributed by atoms with Crippen molar-refractivity contribution in [3.8, 4) is 22.6 Å². The molecule has 0 saturated carbocycles. The van der Waals surface area contributed by atoms with E-state index in [1.165, 1.54) is 0 Å². The molecule has 8 nitrogen and oxygen atoms in total. The zero-order chi connectivity index (χ0) is 20.2. The van der Waals surface area contributed by atoms with Gasteiger partial charge >= 0.3 is 5.69 Å². The van der Waals surface area contributed by atoms with E-state index in [-0.39, 0.29) is 5.69 Å². The van der Waals surface area contributed by atoms with Crippen LogP contribution in [0.3, 0.4) is 0 Å². The highest BCUT2D eigenvalue weighted by Gasteiger charge is 2.13. The Labute approximate surface area is 168 Å². The van der Waals surface area contributed by atoms with Crippen molar-refractivity contribution in [2.75, 3.05) is 0 Å². The van der Waals surface area contributed by atoms with Gasteiger partial charge in [-0.05, 0) is 36.3 Å². The van der Waals surface area contributed by atoms with Crippen molar-refractivity contribution in [2.45, 2.75) is 39.8 Å². The summed E-state index contributed by atoms with van der Waals surface area (Å²) in [6, 6.07) is 11.9. The molecule has 0 spiro atoms. The molecule has 0 fully saturated rings. The van der Waals surface area contributed by atoms with Gasteiger partial charge in [0.2, 0.25) is 5.82 Å². The lowest BCUT2D eigenvalue weighted by molar-refractivity contribution is 0.653. The van der Waals surface area contributed by atoms with Crippen LogP contribution < -0.4 is 5.69 Å². The number of rotatable bonds is 7. The second-order valence-electron chi connectivity index (χ2n) is 6.86. The summed E-state index contributed by atoms with van der Waals surface area (Å²) in [5.74, 6) is 0.508. The third kappa shape index (κ3) is 3.73. The van der Waals surface area contributed by atoms with Gasteiger partial charge in [-0.1, -0.05) is 37.6 Å². The predicted octanol–water partition coefficient (Wildman–Crippen LogP) is 2.91.